The summed E-state index contributed by atoms with van der Waals surface area (Å²) in [5.41, 5.74) is 6.28. The van der Waals surface area contributed by atoms with E-state index in [1.54, 1.807) is 11.0 Å². The highest BCUT2D eigenvalue weighted by Gasteiger charge is 2.21. The van der Waals surface area contributed by atoms with E-state index in [-0.39, 0.29) is 11.9 Å². The minimum atomic E-state index is -0.393. The number of fused-ring (bicyclic) bond motifs is 1. The maximum Gasteiger partial charge on any atom is 0.314 e. The van der Waals surface area contributed by atoms with E-state index in [9.17, 15) is 9.59 Å². The Morgan fingerprint density at radius 2 is 1.79 bits per heavy atom. The first-order chi connectivity index (χ1) is 11.6. The first-order valence-corrected chi connectivity index (χ1v) is 8.14. The predicted molar refractivity (Wildman–Crippen MR) is 95.3 cm³/mol. The molecule has 0 radical (unpaired) electrons. The zero-order valence-corrected chi connectivity index (χ0v) is 13.4. The fourth-order valence-electron chi connectivity index (χ4n) is 3.05. The van der Waals surface area contributed by atoms with Gasteiger partial charge in [0.25, 0.3) is 0 Å². The first kappa shape index (κ1) is 16.1. The molecule has 3 N–H and O–H groups in total. The Hall–Kier alpha value is -2.82. The topological polar surface area (TPSA) is 75.4 Å². The van der Waals surface area contributed by atoms with Crippen molar-refractivity contribution in [1.82, 2.24) is 10.2 Å². The van der Waals surface area contributed by atoms with Gasteiger partial charge in [0.2, 0.25) is 5.91 Å². The average Bonchev–Trinajstić information content (AvgIpc) is 2.60. The molecule has 0 aromatic heterocycles. The van der Waals surface area contributed by atoms with E-state index >= 15 is 0 Å². The summed E-state index contributed by atoms with van der Waals surface area (Å²) in [6.45, 7) is 1.18. The number of primary amides is 1. The normalized spacial score (nSPS) is 15.8. The molecule has 0 bridgehead atoms. The van der Waals surface area contributed by atoms with Crippen LogP contribution in [0.15, 0.2) is 48.5 Å². The Morgan fingerprint density at radius 1 is 1.08 bits per heavy atom. The lowest BCUT2D eigenvalue weighted by Crippen LogP contribution is -2.47. The van der Waals surface area contributed by atoms with Crippen molar-refractivity contribution in [2.45, 2.75) is 18.9 Å². The SMILES string of the molecule is NC(=O)N1CCC(NC(=O)/C=C\c2cccc3ccccc23)CC1. The van der Waals surface area contributed by atoms with Crippen LogP contribution in [0.4, 0.5) is 4.79 Å². The highest BCUT2D eigenvalue weighted by molar-refractivity contribution is 5.96. The molecule has 1 saturated heterocycles. The molecule has 2 aromatic carbocycles. The van der Waals surface area contributed by atoms with E-state index < -0.39 is 6.03 Å². The molecule has 0 unspecified atom stereocenters. The van der Waals surface area contributed by atoms with Gasteiger partial charge >= 0.3 is 6.03 Å². The number of urea groups is 1. The molecule has 1 aliphatic heterocycles. The van der Waals surface area contributed by atoms with Gasteiger partial charge < -0.3 is 16.0 Å². The van der Waals surface area contributed by atoms with Gasteiger partial charge in [-0.05, 0) is 35.3 Å². The van der Waals surface area contributed by atoms with Crippen LogP contribution >= 0.6 is 0 Å². The third kappa shape index (κ3) is 3.74. The third-order valence-electron chi connectivity index (χ3n) is 4.39. The standard InChI is InChI=1S/C19H21N3O2/c20-19(24)22-12-10-16(11-13-22)21-18(23)9-8-15-6-3-5-14-4-1-2-7-17(14)15/h1-9,16H,10-13H2,(H2,20,24)(H,21,23)/b9-8-. The quantitative estimate of drug-likeness (QED) is 0.852. The lowest BCUT2D eigenvalue weighted by Gasteiger charge is -2.30. The van der Waals surface area contributed by atoms with E-state index in [4.69, 9.17) is 5.73 Å². The van der Waals surface area contributed by atoms with Gasteiger partial charge in [-0.1, -0.05) is 42.5 Å². The maximum atomic E-state index is 12.1. The number of nitrogens with two attached hydrogens (primary N) is 1. The van der Waals surface area contributed by atoms with Crippen molar-refractivity contribution in [1.29, 1.82) is 0 Å². The predicted octanol–water partition coefficient (Wildman–Crippen LogP) is 2.51. The number of nitrogens with one attached hydrogen (secondary N) is 1. The summed E-state index contributed by atoms with van der Waals surface area (Å²) in [5, 5.41) is 5.27. The van der Waals surface area contributed by atoms with Crippen LogP contribution in [-0.4, -0.2) is 36.0 Å². The van der Waals surface area contributed by atoms with Gasteiger partial charge in [-0.2, -0.15) is 0 Å². The number of amides is 3. The zero-order valence-electron chi connectivity index (χ0n) is 13.4. The lowest BCUT2D eigenvalue weighted by molar-refractivity contribution is -0.117. The van der Waals surface area contributed by atoms with Gasteiger partial charge in [-0.15, -0.1) is 0 Å². The van der Waals surface area contributed by atoms with Crippen LogP contribution in [-0.2, 0) is 4.79 Å². The van der Waals surface area contributed by atoms with E-state index in [2.05, 4.69) is 17.4 Å². The number of carbonyl (C=O) groups excluding carboxylic acids is 2. The fraction of sp³-hybridized carbons (Fsp3) is 0.263. The van der Waals surface area contributed by atoms with Crippen molar-refractivity contribution < 1.29 is 9.59 Å². The number of benzene rings is 2. The monoisotopic (exact) mass is 323 g/mol. The Balaban J connectivity index is 1.60. The lowest BCUT2D eigenvalue weighted by atomic mass is 10.0. The smallest absolute Gasteiger partial charge is 0.314 e. The number of carbonyl (C=O) groups is 2. The summed E-state index contributed by atoms with van der Waals surface area (Å²) in [7, 11) is 0. The zero-order chi connectivity index (χ0) is 16.9. The highest BCUT2D eigenvalue weighted by atomic mass is 16.2. The van der Waals surface area contributed by atoms with Crippen molar-refractivity contribution in [3.8, 4) is 0 Å². The fourth-order valence-corrected chi connectivity index (χ4v) is 3.05. The largest absolute Gasteiger partial charge is 0.351 e. The molecule has 1 fully saturated rings. The minimum Gasteiger partial charge on any atom is -0.351 e. The van der Waals surface area contributed by atoms with Crippen molar-refractivity contribution in [2.24, 2.45) is 5.73 Å². The Kier molecular flexibility index (Phi) is 4.79. The molecule has 1 heterocycles. The van der Waals surface area contributed by atoms with E-state index in [1.807, 2.05) is 36.4 Å². The molecule has 124 valence electrons. The van der Waals surface area contributed by atoms with Gasteiger partial charge in [-0.3, -0.25) is 4.79 Å². The van der Waals surface area contributed by atoms with E-state index in [0.29, 0.717) is 13.1 Å². The van der Waals surface area contributed by atoms with E-state index in [1.165, 1.54) is 0 Å². The van der Waals surface area contributed by atoms with Gasteiger partial charge in [0, 0.05) is 25.2 Å². The second kappa shape index (κ2) is 7.17. The van der Waals surface area contributed by atoms with Gasteiger partial charge in [0.05, 0.1) is 0 Å². The van der Waals surface area contributed by atoms with Crippen LogP contribution in [0.2, 0.25) is 0 Å². The molecule has 0 atom stereocenters. The summed E-state index contributed by atoms with van der Waals surface area (Å²) in [5.74, 6) is -0.111. The molecule has 0 aliphatic carbocycles. The summed E-state index contributed by atoms with van der Waals surface area (Å²) >= 11 is 0. The number of likely N-dealkylation sites (tertiary alicyclic amines) is 1. The van der Waals surface area contributed by atoms with Crippen LogP contribution in [0.3, 0.4) is 0 Å². The molecule has 1 aliphatic rings. The van der Waals surface area contributed by atoms with Crippen molar-refractivity contribution in [2.75, 3.05) is 13.1 Å². The molecule has 24 heavy (non-hydrogen) atoms. The molecule has 3 rings (SSSR count). The second-order valence-electron chi connectivity index (χ2n) is 6.01. The number of rotatable bonds is 3. The second-order valence-corrected chi connectivity index (χ2v) is 6.01. The number of nitrogens with zero attached hydrogens (tertiary/aromatic N) is 1. The van der Waals surface area contributed by atoms with Crippen LogP contribution in [0.5, 0.6) is 0 Å². The van der Waals surface area contributed by atoms with Crippen LogP contribution < -0.4 is 11.1 Å². The van der Waals surface area contributed by atoms with Crippen LogP contribution in [0.25, 0.3) is 16.8 Å². The molecular weight excluding hydrogens is 302 g/mol. The molecule has 5 heteroatoms. The first-order valence-electron chi connectivity index (χ1n) is 8.14. The molecule has 3 amide bonds. The third-order valence-corrected chi connectivity index (χ3v) is 4.39. The minimum absolute atomic E-state index is 0.0882. The maximum absolute atomic E-state index is 12.1. The summed E-state index contributed by atoms with van der Waals surface area (Å²) < 4.78 is 0. The number of hydrogen-bond donors (Lipinski definition) is 2. The highest BCUT2D eigenvalue weighted by Crippen LogP contribution is 2.19. The molecular formula is C19H21N3O2. The Labute approximate surface area is 141 Å². The van der Waals surface area contributed by atoms with E-state index in [0.717, 1.165) is 29.2 Å². The number of piperidine rings is 1. The Bertz CT molecular complexity index is 772. The van der Waals surface area contributed by atoms with Crippen LogP contribution in [0, 0.1) is 0 Å². The summed E-state index contributed by atoms with van der Waals surface area (Å²) in [4.78, 5) is 24.8. The summed E-state index contributed by atoms with van der Waals surface area (Å²) in [6.07, 6.45) is 4.88. The molecule has 0 saturated carbocycles. The van der Waals surface area contributed by atoms with Crippen molar-refractivity contribution >= 4 is 28.8 Å². The molecule has 2 aromatic rings. The molecule has 5 nitrogen and oxygen atoms in total. The summed E-state index contributed by atoms with van der Waals surface area (Å²) in [6, 6.07) is 13.8. The number of hydrogen-bond acceptors (Lipinski definition) is 2. The molecule has 0 spiro atoms. The van der Waals surface area contributed by atoms with Crippen molar-refractivity contribution in [3.63, 3.8) is 0 Å². The van der Waals surface area contributed by atoms with Gasteiger partial charge in [0.1, 0.15) is 0 Å². The Morgan fingerprint density at radius 3 is 2.54 bits per heavy atom. The van der Waals surface area contributed by atoms with Gasteiger partial charge in [-0.25, -0.2) is 4.79 Å². The average molecular weight is 323 g/mol. The van der Waals surface area contributed by atoms with Crippen molar-refractivity contribution in [3.05, 3.63) is 54.1 Å². The van der Waals surface area contributed by atoms with Crippen LogP contribution in [0.1, 0.15) is 18.4 Å². The van der Waals surface area contributed by atoms with Gasteiger partial charge in [0.15, 0.2) is 0 Å².